The summed E-state index contributed by atoms with van der Waals surface area (Å²) in [6.45, 7) is 2.22. The van der Waals surface area contributed by atoms with Gasteiger partial charge < -0.3 is 4.74 Å². The maximum absolute atomic E-state index is 5.09. The molecule has 0 aliphatic rings. The Morgan fingerprint density at radius 3 is 2.25 bits per heavy atom. The normalized spacial score (nSPS) is 12.6. The summed E-state index contributed by atoms with van der Waals surface area (Å²) in [6.07, 6.45) is 2.27. The smallest absolute Gasteiger partial charge is 0.154 e. The van der Waals surface area contributed by atoms with Crippen molar-refractivity contribution in [3.63, 3.8) is 0 Å². The van der Waals surface area contributed by atoms with Crippen molar-refractivity contribution >= 4 is 10.9 Å². The molecule has 0 heterocycles. The molecule has 1 aromatic carbocycles. The molecule has 0 bridgehead atoms. The largest absolute Gasteiger partial charge is 0.497 e. The van der Waals surface area contributed by atoms with Crippen molar-refractivity contribution in [3.8, 4) is 5.75 Å². The number of benzene rings is 1. The number of rotatable bonds is 3. The molecule has 0 saturated carbocycles. The molecule has 0 aliphatic carbocycles. The van der Waals surface area contributed by atoms with Gasteiger partial charge in [0.25, 0.3) is 0 Å². The first-order valence-electron chi connectivity index (χ1n) is 4.04. The van der Waals surface area contributed by atoms with Crippen molar-refractivity contribution in [2.45, 2.75) is 11.8 Å². The van der Waals surface area contributed by atoms with Crippen LogP contribution in [0, 0.1) is 0 Å². The summed E-state index contributed by atoms with van der Waals surface area (Å²) in [4.78, 5) is 1.42. The molecule has 0 N–H and O–H groups in total. The van der Waals surface area contributed by atoms with Crippen molar-refractivity contribution in [1.82, 2.24) is 0 Å². The summed E-state index contributed by atoms with van der Waals surface area (Å²) < 4.78 is 5.09. The lowest BCUT2D eigenvalue weighted by Crippen LogP contribution is -2.01. The van der Waals surface area contributed by atoms with Crippen LogP contribution in [-0.2, 0) is 10.9 Å². The molecule has 1 atom stereocenters. The summed E-state index contributed by atoms with van der Waals surface area (Å²) >= 11 is 0. The highest BCUT2D eigenvalue weighted by molar-refractivity contribution is 7.96. The second kappa shape index (κ2) is 4.41. The minimum absolute atomic E-state index is 0.394. The first-order valence-corrected chi connectivity index (χ1v) is 5.84. The van der Waals surface area contributed by atoms with Gasteiger partial charge in [-0.1, -0.05) is 0 Å². The van der Waals surface area contributed by atoms with Gasteiger partial charge >= 0.3 is 0 Å². The lowest BCUT2D eigenvalue weighted by atomic mass is 10.3. The fourth-order valence-corrected chi connectivity index (χ4v) is 1.91. The van der Waals surface area contributed by atoms with Gasteiger partial charge in [0.15, 0.2) is 4.90 Å². The number of hydrogen-bond donors (Lipinski definition) is 0. The number of ether oxygens (including phenoxy) is 1. The molecule has 1 nitrogen and oxygen atoms in total. The van der Waals surface area contributed by atoms with Crippen molar-refractivity contribution in [1.29, 1.82) is 0 Å². The average molecular weight is 183 g/mol. The first kappa shape index (κ1) is 9.46. The Hall–Kier alpha value is -0.630. The second-order valence-corrected chi connectivity index (χ2v) is 4.92. The lowest BCUT2D eigenvalue weighted by molar-refractivity contribution is 0.414. The highest BCUT2D eigenvalue weighted by Gasteiger charge is 2.10. The quantitative estimate of drug-likeness (QED) is 0.653. The summed E-state index contributed by atoms with van der Waals surface area (Å²) in [6, 6.07) is 8.33. The molecule has 2 heteroatoms. The second-order valence-electron chi connectivity index (χ2n) is 2.60. The molecular weight excluding hydrogens is 168 g/mol. The van der Waals surface area contributed by atoms with Crippen molar-refractivity contribution in [3.05, 3.63) is 24.3 Å². The molecule has 1 unspecified atom stereocenters. The van der Waals surface area contributed by atoms with Gasteiger partial charge in [-0.15, -0.1) is 0 Å². The van der Waals surface area contributed by atoms with Crippen LogP contribution in [0.2, 0.25) is 0 Å². The van der Waals surface area contributed by atoms with Crippen LogP contribution in [0.4, 0.5) is 0 Å². The van der Waals surface area contributed by atoms with Crippen LogP contribution in [0.1, 0.15) is 6.92 Å². The third kappa shape index (κ3) is 2.18. The Labute approximate surface area is 77.1 Å². The van der Waals surface area contributed by atoms with Gasteiger partial charge in [0, 0.05) is 10.9 Å². The van der Waals surface area contributed by atoms with Crippen LogP contribution < -0.4 is 4.74 Å². The molecule has 0 saturated heterocycles. The molecule has 0 aliphatic heterocycles. The minimum atomic E-state index is 0.394. The molecule has 0 amide bonds. The maximum Gasteiger partial charge on any atom is 0.154 e. The maximum atomic E-state index is 5.09. The Morgan fingerprint density at radius 2 is 1.83 bits per heavy atom. The first-order chi connectivity index (χ1) is 5.77. The predicted molar refractivity (Wildman–Crippen MR) is 55.1 cm³/mol. The minimum Gasteiger partial charge on any atom is -0.497 e. The Morgan fingerprint density at radius 1 is 1.25 bits per heavy atom. The summed E-state index contributed by atoms with van der Waals surface area (Å²) in [5.74, 6) is 2.15. The highest BCUT2D eigenvalue weighted by Crippen LogP contribution is 2.16. The van der Waals surface area contributed by atoms with Crippen LogP contribution >= 0.6 is 0 Å². The van der Waals surface area contributed by atoms with E-state index in [0.29, 0.717) is 10.9 Å². The molecule has 0 spiro atoms. The SMILES string of the molecule is CC[S+](C)c1ccc(OC)cc1. The van der Waals surface area contributed by atoms with Gasteiger partial charge in [-0.3, -0.25) is 0 Å². The molecule has 0 radical (unpaired) electrons. The summed E-state index contributed by atoms with van der Waals surface area (Å²) in [5, 5.41) is 0. The van der Waals surface area contributed by atoms with Crippen LogP contribution in [0.5, 0.6) is 5.75 Å². The van der Waals surface area contributed by atoms with E-state index in [9.17, 15) is 0 Å². The molecule has 0 aromatic heterocycles. The van der Waals surface area contributed by atoms with E-state index in [-0.39, 0.29) is 0 Å². The molecule has 66 valence electrons. The fraction of sp³-hybridized carbons (Fsp3) is 0.400. The van der Waals surface area contributed by atoms with Crippen LogP contribution in [-0.4, -0.2) is 19.1 Å². The van der Waals surface area contributed by atoms with Crippen LogP contribution in [0.3, 0.4) is 0 Å². The summed E-state index contributed by atoms with van der Waals surface area (Å²) in [5.41, 5.74) is 0. The standard InChI is InChI=1S/C10H15OS/c1-4-12(3)10-7-5-9(11-2)6-8-10/h5-8H,4H2,1-3H3/q+1. The Balaban J connectivity index is 2.77. The third-order valence-electron chi connectivity index (χ3n) is 1.89. The van der Waals surface area contributed by atoms with E-state index in [2.05, 4.69) is 25.3 Å². The fourth-order valence-electron chi connectivity index (χ4n) is 0.975. The molecule has 1 aromatic rings. The van der Waals surface area contributed by atoms with E-state index in [1.54, 1.807) is 7.11 Å². The molecule has 0 fully saturated rings. The van der Waals surface area contributed by atoms with Crippen LogP contribution in [0.15, 0.2) is 29.2 Å². The monoisotopic (exact) mass is 183 g/mol. The van der Waals surface area contributed by atoms with Gasteiger partial charge in [-0.05, 0) is 31.2 Å². The lowest BCUT2D eigenvalue weighted by Gasteiger charge is -2.01. The topological polar surface area (TPSA) is 9.23 Å². The zero-order chi connectivity index (χ0) is 8.97. The van der Waals surface area contributed by atoms with Crippen LogP contribution in [0.25, 0.3) is 0 Å². The zero-order valence-corrected chi connectivity index (χ0v) is 8.65. The highest BCUT2D eigenvalue weighted by atomic mass is 32.2. The van der Waals surface area contributed by atoms with E-state index in [1.807, 2.05) is 12.1 Å². The van der Waals surface area contributed by atoms with Gasteiger partial charge in [0.05, 0.1) is 7.11 Å². The van der Waals surface area contributed by atoms with E-state index in [4.69, 9.17) is 4.74 Å². The summed E-state index contributed by atoms with van der Waals surface area (Å²) in [7, 11) is 2.09. The van der Waals surface area contributed by atoms with Gasteiger partial charge in [0.2, 0.25) is 0 Å². The van der Waals surface area contributed by atoms with E-state index in [1.165, 1.54) is 10.6 Å². The van der Waals surface area contributed by atoms with Crippen molar-refractivity contribution in [2.24, 2.45) is 0 Å². The van der Waals surface area contributed by atoms with E-state index >= 15 is 0 Å². The van der Waals surface area contributed by atoms with E-state index in [0.717, 1.165) is 5.75 Å². The van der Waals surface area contributed by atoms with Crippen molar-refractivity contribution in [2.75, 3.05) is 19.1 Å². The molecular formula is C10H15OS+. The van der Waals surface area contributed by atoms with Gasteiger partial charge in [-0.2, -0.15) is 0 Å². The average Bonchev–Trinajstić information content (AvgIpc) is 2.17. The predicted octanol–water partition coefficient (Wildman–Crippen LogP) is 2.32. The van der Waals surface area contributed by atoms with Gasteiger partial charge in [-0.25, -0.2) is 0 Å². The number of methoxy groups -OCH3 is 1. The number of hydrogen-bond acceptors (Lipinski definition) is 1. The Kier molecular flexibility index (Phi) is 3.48. The zero-order valence-electron chi connectivity index (χ0n) is 7.83. The Bertz CT molecular complexity index is 230. The van der Waals surface area contributed by atoms with Crippen molar-refractivity contribution < 1.29 is 4.74 Å². The molecule has 12 heavy (non-hydrogen) atoms. The third-order valence-corrected chi connectivity index (χ3v) is 3.84. The van der Waals surface area contributed by atoms with Gasteiger partial charge in [0.1, 0.15) is 17.8 Å². The van der Waals surface area contributed by atoms with E-state index < -0.39 is 0 Å². The molecule has 1 rings (SSSR count).